The van der Waals surface area contributed by atoms with Gasteiger partial charge in [0, 0.05) is 36.3 Å². The molecule has 3 aromatic rings. The van der Waals surface area contributed by atoms with Gasteiger partial charge >= 0.3 is 6.09 Å². The first-order valence-electron chi connectivity index (χ1n) is 19.7. The number of fused-ring (bicyclic) bond motifs is 2. The number of H-pyrrole nitrogens is 1. The van der Waals surface area contributed by atoms with E-state index in [9.17, 15) is 14.4 Å². The summed E-state index contributed by atoms with van der Waals surface area (Å²) in [6, 6.07) is 16.9. The number of allylic oxidation sites excluding steroid dienone is 1. The van der Waals surface area contributed by atoms with Gasteiger partial charge in [0.05, 0.1) is 31.1 Å². The van der Waals surface area contributed by atoms with Gasteiger partial charge in [-0.05, 0) is 77.2 Å². The summed E-state index contributed by atoms with van der Waals surface area (Å²) in [7, 11) is 1.32. The van der Waals surface area contributed by atoms with Crippen molar-refractivity contribution in [2.75, 3.05) is 7.11 Å². The number of rotatable bonds is 11. The summed E-state index contributed by atoms with van der Waals surface area (Å²) >= 11 is 0. The minimum Gasteiger partial charge on any atom is -0.453 e. The molecule has 3 amide bonds. The molecule has 10 nitrogen and oxygen atoms in total. The molecule has 8 atom stereocenters. The van der Waals surface area contributed by atoms with Gasteiger partial charge < -0.3 is 24.8 Å². The quantitative estimate of drug-likeness (QED) is 0.196. The Bertz CT molecular complexity index is 2010. The fraction of sp³-hybridized carbons (Fsp3) is 0.477. The summed E-state index contributed by atoms with van der Waals surface area (Å²) in [5, 5.41) is 2.76. The summed E-state index contributed by atoms with van der Waals surface area (Å²) in [6.45, 7) is 10.2. The van der Waals surface area contributed by atoms with Crippen molar-refractivity contribution in [1.29, 1.82) is 0 Å². The second kappa shape index (κ2) is 14.3. The van der Waals surface area contributed by atoms with Crippen LogP contribution in [0.1, 0.15) is 95.3 Å². The van der Waals surface area contributed by atoms with Crippen LogP contribution < -0.4 is 5.32 Å². The zero-order chi connectivity index (χ0) is 37.8. The van der Waals surface area contributed by atoms with Crippen molar-refractivity contribution >= 4 is 41.3 Å². The molecular weight excluding hydrogens is 677 g/mol. The molecule has 4 heterocycles. The highest BCUT2D eigenvalue weighted by Gasteiger charge is 2.57. The van der Waals surface area contributed by atoms with E-state index in [0.717, 1.165) is 70.7 Å². The normalized spacial score (nSPS) is 26.4. The molecule has 3 unspecified atom stereocenters. The lowest BCUT2D eigenvalue weighted by Gasteiger charge is -2.33. The van der Waals surface area contributed by atoms with Crippen molar-refractivity contribution in [1.82, 2.24) is 25.1 Å². The van der Waals surface area contributed by atoms with E-state index in [1.165, 1.54) is 7.11 Å². The number of carbonyl (C=O) groups excluding carboxylic acids is 3. The zero-order valence-corrected chi connectivity index (χ0v) is 32.2. The summed E-state index contributed by atoms with van der Waals surface area (Å²) in [4.78, 5) is 56.4. The molecule has 0 radical (unpaired) electrons. The lowest BCUT2D eigenvalue weighted by atomic mass is 9.95. The third kappa shape index (κ3) is 6.91. The van der Waals surface area contributed by atoms with E-state index in [1.54, 1.807) is 0 Å². The maximum Gasteiger partial charge on any atom is 0.407 e. The number of nitrogens with zero attached hydrogens (tertiary/aromatic N) is 4. The molecule has 2 aliphatic carbocycles. The van der Waals surface area contributed by atoms with Crippen LogP contribution in [0.2, 0.25) is 0 Å². The smallest absolute Gasteiger partial charge is 0.407 e. The molecule has 2 saturated carbocycles. The van der Waals surface area contributed by atoms with Crippen LogP contribution in [0.4, 0.5) is 4.79 Å². The number of hydrogen-bond donors (Lipinski definition) is 2. The van der Waals surface area contributed by atoms with Gasteiger partial charge in [0.1, 0.15) is 11.9 Å². The van der Waals surface area contributed by atoms with Crippen molar-refractivity contribution in [2.45, 2.75) is 96.9 Å². The summed E-state index contributed by atoms with van der Waals surface area (Å²) in [5.41, 5.74) is 7.53. The first kappa shape index (κ1) is 36.0. The number of likely N-dealkylation sites (tertiary alicyclic amines) is 2. The molecular formula is C44H52N6O4. The molecule has 2 saturated heterocycles. The van der Waals surface area contributed by atoms with Crippen molar-refractivity contribution in [2.24, 2.45) is 34.6 Å². The number of benzene rings is 2. The SMILES string of the molecule is COC(=O)N[C@H](C(=O)N1C(C2=NC=C(c3ccc(/C=C/c4ccc(-c5cnc([C@@H]6CC7C[C@H]7N6C(=O)[C@@H](C)C(C)C)[nH]5)cc4)cc3)C2)CC2C[C@H]21)C(C)C. The van der Waals surface area contributed by atoms with Crippen molar-refractivity contribution in [3.05, 3.63) is 83.4 Å². The molecule has 8 rings (SSSR count). The Hall–Kier alpha value is -4.99. The van der Waals surface area contributed by atoms with Crippen molar-refractivity contribution in [3.8, 4) is 11.3 Å². The van der Waals surface area contributed by atoms with E-state index < -0.39 is 12.1 Å². The van der Waals surface area contributed by atoms with Crippen LogP contribution in [0.3, 0.4) is 0 Å². The Morgan fingerprint density at radius 1 is 0.796 bits per heavy atom. The molecule has 0 spiro atoms. The van der Waals surface area contributed by atoms with Crippen LogP contribution >= 0.6 is 0 Å². The van der Waals surface area contributed by atoms with Gasteiger partial charge in [-0.3, -0.25) is 14.6 Å². The second-order valence-electron chi connectivity index (χ2n) is 16.7. The van der Waals surface area contributed by atoms with Crippen molar-refractivity contribution < 1.29 is 19.1 Å². The first-order chi connectivity index (χ1) is 26.0. The number of imidazole rings is 1. The van der Waals surface area contributed by atoms with Gasteiger partial charge in [0.2, 0.25) is 11.8 Å². The third-order valence-electron chi connectivity index (χ3n) is 12.5. The summed E-state index contributed by atoms with van der Waals surface area (Å²) < 4.78 is 4.80. The average Bonchev–Trinajstić information content (AvgIpc) is 3.76. The Labute approximate surface area is 318 Å². The predicted molar refractivity (Wildman–Crippen MR) is 211 cm³/mol. The topological polar surface area (TPSA) is 120 Å². The van der Waals surface area contributed by atoms with E-state index in [1.807, 2.05) is 38.1 Å². The fourth-order valence-electron chi connectivity index (χ4n) is 8.72. The molecule has 2 N–H and O–H groups in total. The van der Waals surface area contributed by atoms with E-state index in [4.69, 9.17) is 14.7 Å². The maximum atomic E-state index is 13.8. The Morgan fingerprint density at radius 3 is 1.98 bits per heavy atom. The number of carbonyl (C=O) groups is 3. The monoisotopic (exact) mass is 728 g/mol. The van der Waals surface area contributed by atoms with Crippen LogP contribution in [-0.4, -0.2) is 74.7 Å². The lowest BCUT2D eigenvalue weighted by Crippen LogP contribution is -2.54. The van der Waals surface area contributed by atoms with E-state index >= 15 is 0 Å². The van der Waals surface area contributed by atoms with E-state index in [-0.39, 0.29) is 41.8 Å². The van der Waals surface area contributed by atoms with Crippen LogP contribution in [0.15, 0.2) is 65.9 Å². The van der Waals surface area contributed by atoms with Gasteiger partial charge in [-0.15, -0.1) is 0 Å². The predicted octanol–water partition coefficient (Wildman–Crippen LogP) is 7.76. The lowest BCUT2D eigenvalue weighted by molar-refractivity contribution is -0.138. The van der Waals surface area contributed by atoms with Gasteiger partial charge in [-0.25, -0.2) is 9.78 Å². The number of alkyl carbamates (subject to hydrolysis) is 1. The van der Waals surface area contributed by atoms with Gasteiger partial charge in [-0.2, -0.15) is 0 Å². The minimum atomic E-state index is -0.632. The average molecular weight is 729 g/mol. The van der Waals surface area contributed by atoms with Crippen LogP contribution in [0.25, 0.3) is 29.0 Å². The number of ether oxygens (including phenoxy) is 1. The number of aliphatic imine (C=N–C) groups is 1. The molecule has 10 heteroatoms. The molecule has 0 bridgehead atoms. The standard InChI is InChI=1S/C44H52N6O4/c1-24(2)26(5)42(51)50-37-19-32(37)21-39(50)41-46-23-35(47-41)30-15-11-28(12-16-30)8-7-27-9-13-29(14-10-27)33-17-34(45-22-33)38-20-31-18-36(31)49(38)43(52)40(25(3)4)48-44(53)54-6/h7-16,22-26,31-32,36-40H,17-21H2,1-6H3,(H,46,47)(H,48,53)/b8-7+/t26-,31?,32?,36+,37+,38?,39-,40-/m0/s1. The van der Waals surface area contributed by atoms with Crippen LogP contribution in [0, 0.1) is 29.6 Å². The number of methoxy groups -OCH3 is 1. The number of piperidine rings is 2. The largest absolute Gasteiger partial charge is 0.453 e. The zero-order valence-electron chi connectivity index (χ0n) is 32.2. The van der Waals surface area contributed by atoms with Gasteiger partial charge in [-0.1, -0.05) is 95.3 Å². The molecule has 54 heavy (non-hydrogen) atoms. The second-order valence-corrected chi connectivity index (χ2v) is 16.7. The highest BCUT2D eigenvalue weighted by atomic mass is 16.5. The highest BCUT2D eigenvalue weighted by Crippen LogP contribution is 2.54. The van der Waals surface area contributed by atoms with Crippen LogP contribution in [-0.2, 0) is 14.3 Å². The molecule has 1 aromatic heterocycles. The fourth-order valence-corrected chi connectivity index (χ4v) is 8.72. The third-order valence-corrected chi connectivity index (χ3v) is 12.5. The number of aromatic nitrogens is 2. The number of aromatic amines is 1. The molecule has 282 valence electrons. The highest BCUT2D eigenvalue weighted by molar-refractivity contribution is 6.04. The summed E-state index contributed by atoms with van der Waals surface area (Å²) in [5.74, 6) is 2.48. The van der Waals surface area contributed by atoms with Crippen molar-refractivity contribution in [3.63, 3.8) is 0 Å². The summed E-state index contributed by atoms with van der Waals surface area (Å²) in [6.07, 6.45) is 12.3. The van der Waals surface area contributed by atoms with E-state index in [2.05, 4.69) is 89.7 Å². The van der Waals surface area contributed by atoms with Gasteiger partial charge in [0.15, 0.2) is 0 Å². The number of hydrogen-bond acceptors (Lipinski definition) is 6. The molecule has 2 aromatic carbocycles. The molecule has 5 aliphatic rings. The first-order valence-corrected chi connectivity index (χ1v) is 19.7. The van der Waals surface area contributed by atoms with E-state index in [0.29, 0.717) is 30.2 Å². The Morgan fingerprint density at radius 2 is 1.39 bits per heavy atom. The van der Waals surface area contributed by atoms with Crippen LogP contribution in [0.5, 0.6) is 0 Å². The Kier molecular flexibility index (Phi) is 9.56. The number of amides is 3. The Balaban J connectivity index is 0.869. The minimum absolute atomic E-state index is 0.00864. The molecule has 3 aliphatic heterocycles. The maximum absolute atomic E-state index is 13.8. The number of nitrogens with one attached hydrogen (secondary N) is 2. The molecule has 4 fully saturated rings. The van der Waals surface area contributed by atoms with Gasteiger partial charge in [0.25, 0.3) is 0 Å².